The molecule has 0 unspecified atom stereocenters. The number of thiophene rings is 1. The minimum Gasteiger partial charge on any atom is -0.508 e. The van der Waals surface area contributed by atoms with E-state index in [4.69, 9.17) is 9.47 Å². The van der Waals surface area contributed by atoms with Crippen molar-refractivity contribution < 1.29 is 24.2 Å². The molecule has 0 spiro atoms. The highest BCUT2D eigenvalue weighted by Crippen LogP contribution is 2.37. The standard InChI is InChI=1S/C26H29N3O5S/c1-3-34-26(32)24-22(18-4-10-21(33-2)11-5-18)17-35-25(24)27-23(31)16-28-12-14-29(15-13-28)19-6-8-20(30)9-7-19/h4-11,17,30H,3,12-16H2,1-2H3,(H,27,31). The quantitative estimate of drug-likeness (QED) is 0.455. The Hall–Kier alpha value is -3.56. The second-order valence-corrected chi connectivity index (χ2v) is 9.01. The van der Waals surface area contributed by atoms with E-state index in [1.165, 1.54) is 11.3 Å². The van der Waals surface area contributed by atoms with Gasteiger partial charge in [0.15, 0.2) is 0 Å². The highest BCUT2D eigenvalue weighted by molar-refractivity contribution is 7.15. The van der Waals surface area contributed by atoms with E-state index < -0.39 is 5.97 Å². The lowest BCUT2D eigenvalue weighted by molar-refractivity contribution is -0.117. The molecule has 1 fully saturated rings. The molecule has 184 valence electrons. The molecule has 1 saturated heterocycles. The molecule has 2 aromatic carbocycles. The lowest BCUT2D eigenvalue weighted by Gasteiger charge is -2.35. The summed E-state index contributed by atoms with van der Waals surface area (Å²) in [4.78, 5) is 30.0. The zero-order valence-corrected chi connectivity index (χ0v) is 20.6. The van der Waals surface area contributed by atoms with Crippen LogP contribution in [-0.4, -0.2) is 68.3 Å². The maximum Gasteiger partial charge on any atom is 0.341 e. The molecule has 2 heterocycles. The largest absolute Gasteiger partial charge is 0.508 e. The van der Waals surface area contributed by atoms with Crippen LogP contribution in [0.1, 0.15) is 17.3 Å². The number of benzene rings is 2. The number of esters is 1. The Bertz CT molecular complexity index is 1150. The van der Waals surface area contributed by atoms with E-state index in [-0.39, 0.29) is 24.8 Å². The van der Waals surface area contributed by atoms with Crippen molar-refractivity contribution in [3.8, 4) is 22.6 Å². The van der Waals surface area contributed by atoms with Gasteiger partial charge in [0.05, 0.1) is 20.3 Å². The van der Waals surface area contributed by atoms with Gasteiger partial charge in [0, 0.05) is 42.8 Å². The van der Waals surface area contributed by atoms with Gasteiger partial charge in [-0.25, -0.2) is 4.79 Å². The van der Waals surface area contributed by atoms with Gasteiger partial charge in [-0.1, -0.05) is 12.1 Å². The lowest BCUT2D eigenvalue weighted by atomic mass is 10.0. The summed E-state index contributed by atoms with van der Waals surface area (Å²) in [5.41, 5.74) is 2.98. The predicted octanol–water partition coefficient (Wildman–Crippen LogP) is 4.07. The van der Waals surface area contributed by atoms with Gasteiger partial charge in [-0.3, -0.25) is 9.69 Å². The third-order valence-corrected chi connectivity index (χ3v) is 6.77. The number of carbonyl (C=O) groups excluding carboxylic acids is 2. The number of phenols is 1. The number of hydrogen-bond donors (Lipinski definition) is 2. The van der Waals surface area contributed by atoms with Gasteiger partial charge in [-0.15, -0.1) is 11.3 Å². The number of anilines is 2. The molecular weight excluding hydrogens is 466 g/mol. The second kappa shape index (κ2) is 11.2. The van der Waals surface area contributed by atoms with Crippen LogP contribution in [0.2, 0.25) is 0 Å². The molecule has 1 aliphatic rings. The molecule has 0 atom stereocenters. The number of rotatable bonds is 8. The Kier molecular flexibility index (Phi) is 7.89. The molecule has 9 heteroatoms. The van der Waals surface area contributed by atoms with E-state index in [0.29, 0.717) is 16.1 Å². The zero-order chi connectivity index (χ0) is 24.8. The third kappa shape index (κ3) is 5.93. The van der Waals surface area contributed by atoms with E-state index >= 15 is 0 Å². The van der Waals surface area contributed by atoms with Gasteiger partial charge in [-0.05, 0) is 48.9 Å². The second-order valence-electron chi connectivity index (χ2n) is 8.13. The van der Waals surface area contributed by atoms with Crippen LogP contribution >= 0.6 is 11.3 Å². The molecule has 0 aliphatic carbocycles. The Morgan fingerprint density at radius 3 is 2.34 bits per heavy atom. The normalized spacial score (nSPS) is 13.9. The van der Waals surface area contributed by atoms with Crippen LogP contribution in [0.5, 0.6) is 11.5 Å². The van der Waals surface area contributed by atoms with E-state index in [1.807, 2.05) is 41.8 Å². The molecular formula is C26H29N3O5S. The Morgan fingerprint density at radius 2 is 1.71 bits per heavy atom. The van der Waals surface area contributed by atoms with Crippen molar-refractivity contribution in [1.29, 1.82) is 0 Å². The summed E-state index contributed by atoms with van der Waals surface area (Å²) in [6.45, 7) is 5.28. The number of ether oxygens (including phenoxy) is 2. The van der Waals surface area contributed by atoms with Crippen LogP contribution in [0.3, 0.4) is 0 Å². The number of methoxy groups -OCH3 is 1. The number of carbonyl (C=O) groups is 2. The minimum absolute atomic E-state index is 0.170. The fraction of sp³-hybridized carbons (Fsp3) is 0.308. The van der Waals surface area contributed by atoms with E-state index in [1.54, 1.807) is 26.2 Å². The summed E-state index contributed by atoms with van der Waals surface area (Å²) in [5.74, 6) is 0.338. The van der Waals surface area contributed by atoms with Crippen molar-refractivity contribution in [2.45, 2.75) is 6.92 Å². The van der Waals surface area contributed by atoms with Crippen molar-refractivity contribution in [1.82, 2.24) is 4.90 Å². The Balaban J connectivity index is 1.41. The van der Waals surface area contributed by atoms with Crippen LogP contribution in [0, 0.1) is 0 Å². The van der Waals surface area contributed by atoms with Gasteiger partial charge < -0.3 is 24.8 Å². The molecule has 3 aromatic rings. The summed E-state index contributed by atoms with van der Waals surface area (Å²) >= 11 is 1.31. The molecule has 35 heavy (non-hydrogen) atoms. The maximum absolute atomic E-state index is 12.9. The van der Waals surface area contributed by atoms with E-state index in [2.05, 4.69) is 15.1 Å². The zero-order valence-electron chi connectivity index (χ0n) is 19.8. The van der Waals surface area contributed by atoms with Crippen LogP contribution in [0.15, 0.2) is 53.9 Å². The van der Waals surface area contributed by atoms with Crippen molar-refractivity contribution in [3.63, 3.8) is 0 Å². The van der Waals surface area contributed by atoms with Crippen molar-refractivity contribution in [2.75, 3.05) is 56.7 Å². The van der Waals surface area contributed by atoms with E-state index in [9.17, 15) is 14.7 Å². The first-order valence-corrected chi connectivity index (χ1v) is 12.4. The molecule has 8 nitrogen and oxygen atoms in total. The number of piperazine rings is 1. The van der Waals surface area contributed by atoms with Crippen LogP contribution in [0.4, 0.5) is 10.7 Å². The molecule has 1 aromatic heterocycles. The summed E-state index contributed by atoms with van der Waals surface area (Å²) in [7, 11) is 1.60. The highest BCUT2D eigenvalue weighted by Gasteiger charge is 2.24. The summed E-state index contributed by atoms with van der Waals surface area (Å²) in [6, 6.07) is 14.6. The van der Waals surface area contributed by atoms with Crippen LogP contribution in [0.25, 0.3) is 11.1 Å². The predicted molar refractivity (Wildman–Crippen MR) is 138 cm³/mol. The lowest BCUT2D eigenvalue weighted by Crippen LogP contribution is -2.48. The van der Waals surface area contributed by atoms with Gasteiger partial charge >= 0.3 is 5.97 Å². The summed E-state index contributed by atoms with van der Waals surface area (Å²) in [6.07, 6.45) is 0. The van der Waals surface area contributed by atoms with Gasteiger partial charge in [0.25, 0.3) is 0 Å². The van der Waals surface area contributed by atoms with Crippen molar-refractivity contribution >= 4 is 33.9 Å². The first-order chi connectivity index (χ1) is 17.0. The molecule has 0 saturated carbocycles. The molecule has 0 radical (unpaired) electrons. The fourth-order valence-corrected chi connectivity index (χ4v) is 5.01. The maximum atomic E-state index is 12.9. The van der Waals surface area contributed by atoms with Crippen LogP contribution in [-0.2, 0) is 9.53 Å². The number of hydrogen-bond acceptors (Lipinski definition) is 8. The van der Waals surface area contributed by atoms with E-state index in [0.717, 1.165) is 43.2 Å². The fourth-order valence-electron chi connectivity index (χ4n) is 4.04. The Morgan fingerprint density at radius 1 is 1.03 bits per heavy atom. The molecule has 1 aliphatic heterocycles. The molecule has 2 N–H and O–H groups in total. The Labute approximate surface area is 208 Å². The molecule has 1 amide bonds. The highest BCUT2D eigenvalue weighted by atomic mass is 32.1. The van der Waals surface area contributed by atoms with Gasteiger partial charge in [-0.2, -0.15) is 0 Å². The van der Waals surface area contributed by atoms with Gasteiger partial charge in [0.2, 0.25) is 5.91 Å². The first-order valence-electron chi connectivity index (χ1n) is 11.5. The number of aromatic hydroxyl groups is 1. The minimum atomic E-state index is -0.461. The average molecular weight is 496 g/mol. The number of phenolic OH excluding ortho intramolecular Hbond substituents is 1. The van der Waals surface area contributed by atoms with Crippen molar-refractivity contribution in [2.24, 2.45) is 0 Å². The topological polar surface area (TPSA) is 91.3 Å². The summed E-state index contributed by atoms with van der Waals surface area (Å²) in [5, 5.41) is 14.8. The van der Waals surface area contributed by atoms with Gasteiger partial charge in [0.1, 0.15) is 22.1 Å². The summed E-state index contributed by atoms with van der Waals surface area (Å²) < 4.78 is 10.5. The SMILES string of the molecule is CCOC(=O)c1c(-c2ccc(OC)cc2)csc1NC(=O)CN1CCN(c2ccc(O)cc2)CC1. The van der Waals surface area contributed by atoms with Crippen LogP contribution < -0.4 is 15.0 Å². The number of nitrogens with one attached hydrogen (secondary N) is 1. The average Bonchev–Trinajstić information content (AvgIpc) is 3.28. The number of nitrogens with zero attached hydrogens (tertiary/aromatic N) is 2. The monoisotopic (exact) mass is 495 g/mol. The molecule has 4 rings (SSSR count). The smallest absolute Gasteiger partial charge is 0.341 e. The first kappa shape index (κ1) is 24.6. The van der Waals surface area contributed by atoms with Crippen molar-refractivity contribution in [3.05, 3.63) is 59.5 Å². The number of amides is 1. The third-order valence-electron chi connectivity index (χ3n) is 5.88. The molecule has 0 bridgehead atoms.